The zero-order valence-electron chi connectivity index (χ0n) is 20.5. The van der Waals surface area contributed by atoms with Gasteiger partial charge in [0.25, 0.3) is 5.56 Å². The number of hydrogen-bond donors (Lipinski definition) is 2. The lowest BCUT2D eigenvalue weighted by molar-refractivity contribution is -0.137. The van der Waals surface area contributed by atoms with Crippen molar-refractivity contribution < 1.29 is 9.90 Å². The molecule has 1 saturated carbocycles. The number of pyridine rings is 1. The first-order valence-corrected chi connectivity index (χ1v) is 12.7. The summed E-state index contributed by atoms with van der Waals surface area (Å²) in [6.45, 7) is 1.80. The van der Waals surface area contributed by atoms with Crippen LogP contribution in [-0.2, 0) is 17.9 Å². The van der Waals surface area contributed by atoms with Crippen LogP contribution in [0.2, 0.25) is 0 Å². The van der Waals surface area contributed by atoms with Crippen LogP contribution in [0.15, 0.2) is 66.1 Å². The highest BCUT2D eigenvalue weighted by Gasteiger charge is 2.39. The molecule has 190 valence electrons. The van der Waals surface area contributed by atoms with Gasteiger partial charge in [-0.05, 0) is 55.5 Å². The number of fused-ring (bicyclic) bond motifs is 1. The fraction of sp³-hybridized carbons (Fsp3) is 0.370. The van der Waals surface area contributed by atoms with Crippen molar-refractivity contribution in [1.82, 2.24) is 29.2 Å². The predicted molar refractivity (Wildman–Crippen MR) is 138 cm³/mol. The van der Waals surface area contributed by atoms with Gasteiger partial charge in [0.1, 0.15) is 11.7 Å². The van der Waals surface area contributed by atoms with E-state index in [1.165, 1.54) is 17.1 Å². The van der Waals surface area contributed by atoms with Gasteiger partial charge in [-0.1, -0.05) is 12.1 Å². The number of carbonyl (C=O) groups is 1. The number of hydrogen-bond acceptors (Lipinski definition) is 7. The minimum absolute atomic E-state index is 0.138. The molecular weight excluding hydrogens is 470 g/mol. The molecule has 1 aromatic carbocycles. The van der Waals surface area contributed by atoms with E-state index in [9.17, 15) is 14.7 Å². The van der Waals surface area contributed by atoms with E-state index in [2.05, 4.69) is 20.4 Å². The molecule has 2 fully saturated rings. The molecule has 0 atom stereocenters. The number of nitrogens with zero attached hydrogens (tertiary/aromatic N) is 6. The number of benzene rings is 1. The van der Waals surface area contributed by atoms with E-state index in [-0.39, 0.29) is 23.9 Å². The van der Waals surface area contributed by atoms with Gasteiger partial charge in [0.15, 0.2) is 5.65 Å². The van der Waals surface area contributed by atoms with Gasteiger partial charge in [0, 0.05) is 43.6 Å². The molecular formula is C27H29N7O3. The van der Waals surface area contributed by atoms with Gasteiger partial charge in [0.2, 0.25) is 5.91 Å². The Morgan fingerprint density at radius 2 is 1.97 bits per heavy atom. The Morgan fingerprint density at radius 3 is 2.73 bits per heavy atom. The largest absolute Gasteiger partial charge is 0.388 e. The van der Waals surface area contributed by atoms with Gasteiger partial charge in [-0.15, -0.1) is 0 Å². The van der Waals surface area contributed by atoms with E-state index in [0.29, 0.717) is 43.5 Å². The highest BCUT2D eigenvalue weighted by atomic mass is 16.3. The molecule has 2 aliphatic rings. The Morgan fingerprint density at radius 1 is 1.14 bits per heavy atom. The third-order valence-electron chi connectivity index (χ3n) is 7.26. The smallest absolute Gasteiger partial charge is 0.264 e. The molecule has 37 heavy (non-hydrogen) atoms. The summed E-state index contributed by atoms with van der Waals surface area (Å²) in [7, 11) is 0. The lowest BCUT2D eigenvalue weighted by Crippen LogP contribution is -2.50. The van der Waals surface area contributed by atoms with Gasteiger partial charge >= 0.3 is 0 Å². The van der Waals surface area contributed by atoms with Crippen LogP contribution in [-0.4, -0.2) is 58.9 Å². The predicted octanol–water partition coefficient (Wildman–Crippen LogP) is 2.35. The average molecular weight is 500 g/mol. The molecule has 0 spiro atoms. The number of nitrogens with one attached hydrogen (secondary N) is 1. The first-order valence-electron chi connectivity index (χ1n) is 12.7. The molecule has 1 saturated heterocycles. The van der Waals surface area contributed by atoms with E-state index in [1.54, 1.807) is 10.9 Å². The molecule has 1 aliphatic heterocycles. The van der Waals surface area contributed by atoms with Crippen molar-refractivity contribution in [3.8, 4) is 5.69 Å². The van der Waals surface area contributed by atoms with Gasteiger partial charge in [-0.3, -0.25) is 19.1 Å². The number of aromatic nitrogens is 5. The summed E-state index contributed by atoms with van der Waals surface area (Å²) < 4.78 is 3.10. The minimum Gasteiger partial charge on any atom is -0.388 e. The Balaban J connectivity index is 1.18. The maximum atomic E-state index is 13.3. The summed E-state index contributed by atoms with van der Waals surface area (Å²) in [4.78, 5) is 36.1. The van der Waals surface area contributed by atoms with Gasteiger partial charge in [0.05, 0.1) is 24.0 Å². The standard InChI is InChI=1S/C27H29N7O3/c35-25(20-6-7-20)32-11-8-27(37,9-12-32)17-33-18-30-24-23(26(33)36)16-31-34(24)22-5-1-4-21(13-22)29-15-19-3-2-10-28-14-19/h1-5,10,13-14,16,18,20,29,37H,6-9,11-12,15,17H2. The second kappa shape index (κ2) is 9.44. The summed E-state index contributed by atoms with van der Waals surface area (Å²) in [5.74, 6) is 0.376. The number of anilines is 1. The Kier molecular flexibility index (Phi) is 5.96. The Labute approximate surface area is 213 Å². The number of piperidine rings is 1. The molecule has 10 heteroatoms. The first kappa shape index (κ1) is 23.4. The topological polar surface area (TPSA) is 118 Å². The molecule has 0 unspecified atom stereocenters. The first-order chi connectivity index (χ1) is 18.0. The van der Waals surface area contributed by atoms with Crippen LogP contribution in [0.5, 0.6) is 0 Å². The molecule has 3 aromatic heterocycles. The summed E-state index contributed by atoms with van der Waals surface area (Å²) in [5.41, 5.74) is 1.93. The summed E-state index contributed by atoms with van der Waals surface area (Å²) in [6, 6.07) is 11.7. The average Bonchev–Trinajstić information content (AvgIpc) is 3.68. The van der Waals surface area contributed by atoms with Crippen LogP contribution in [0.25, 0.3) is 16.7 Å². The highest BCUT2D eigenvalue weighted by molar-refractivity contribution is 5.81. The normalized spacial score (nSPS) is 17.2. The summed E-state index contributed by atoms with van der Waals surface area (Å²) >= 11 is 0. The third kappa shape index (κ3) is 4.84. The fourth-order valence-electron chi connectivity index (χ4n) is 4.91. The second-order valence-corrected chi connectivity index (χ2v) is 10.1. The third-order valence-corrected chi connectivity index (χ3v) is 7.26. The van der Waals surface area contributed by atoms with Crippen molar-refractivity contribution >= 4 is 22.6 Å². The summed E-state index contributed by atoms with van der Waals surface area (Å²) in [5, 5.41) is 19.4. The fourth-order valence-corrected chi connectivity index (χ4v) is 4.91. The Bertz CT molecular complexity index is 1480. The lowest BCUT2D eigenvalue weighted by Gasteiger charge is -2.38. The maximum absolute atomic E-state index is 13.3. The molecule has 2 N–H and O–H groups in total. The lowest BCUT2D eigenvalue weighted by atomic mass is 9.91. The molecule has 0 bridgehead atoms. The van der Waals surface area contributed by atoms with Gasteiger partial charge < -0.3 is 15.3 Å². The van der Waals surface area contributed by atoms with Crippen molar-refractivity contribution in [2.45, 2.75) is 44.4 Å². The molecule has 10 nitrogen and oxygen atoms in total. The van der Waals surface area contributed by atoms with Crippen molar-refractivity contribution in [1.29, 1.82) is 0 Å². The van der Waals surface area contributed by atoms with Crippen molar-refractivity contribution in [2.24, 2.45) is 5.92 Å². The molecule has 4 aromatic rings. The second-order valence-electron chi connectivity index (χ2n) is 10.1. The zero-order chi connectivity index (χ0) is 25.4. The Hall–Kier alpha value is -4.05. The van der Waals surface area contributed by atoms with Crippen LogP contribution in [0.3, 0.4) is 0 Å². The monoisotopic (exact) mass is 499 g/mol. The minimum atomic E-state index is -1.05. The van der Waals surface area contributed by atoms with Crippen molar-refractivity contribution in [3.05, 3.63) is 77.2 Å². The maximum Gasteiger partial charge on any atom is 0.264 e. The van der Waals surface area contributed by atoms with E-state index in [1.807, 2.05) is 47.5 Å². The molecule has 1 aliphatic carbocycles. The van der Waals surface area contributed by atoms with Crippen LogP contribution in [0.4, 0.5) is 5.69 Å². The quantitative estimate of drug-likeness (QED) is 0.401. The van der Waals surface area contributed by atoms with Crippen LogP contribution in [0, 0.1) is 5.92 Å². The molecule has 0 radical (unpaired) electrons. The van der Waals surface area contributed by atoms with E-state index < -0.39 is 5.60 Å². The van der Waals surface area contributed by atoms with Crippen LogP contribution >= 0.6 is 0 Å². The van der Waals surface area contributed by atoms with Crippen LogP contribution < -0.4 is 10.9 Å². The van der Waals surface area contributed by atoms with E-state index >= 15 is 0 Å². The molecule has 6 rings (SSSR count). The van der Waals surface area contributed by atoms with Crippen LogP contribution in [0.1, 0.15) is 31.2 Å². The van der Waals surface area contributed by atoms with Gasteiger partial charge in [-0.25, -0.2) is 9.67 Å². The van der Waals surface area contributed by atoms with Crippen molar-refractivity contribution in [3.63, 3.8) is 0 Å². The van der Waals surface area contributed by atoms with Crippen molar-refractivity contribution in [2.75, 3.05) is 18.4 Å². The number of aliphatic hydroxyl groups is 1. The number of amides is 1. The van der Waals surface area contributed by atoms with E-state index in [4.69, 9.17) is 0 Å². The number of likely N-dealkylation sites (tertiary alicyclic amines) is 1. The number of rotatable bonds is 7. The molecule has 4 heterocycles. The van der Waals surface area contributed by atoms with Gasteiger partial charge in [-0.2, -0.15) is 5.10 Å². The molecule has 1 amide bonds. The zero-order valence-corrected chi connectivity index (χ0v) is 20.5. The van der Waals surface area contributed by atoms with E-state index in [0.717, 1.165) is 29.8 Å². The SMILES string of the molecule is O=C(C1CC1)N1CCC(O)(Cn2cnc3c(cnn3-c3cccc(NCc4cccnc4)c3)c2=O)CC1. The summed E-state index contributed by atoms with van der Waals surface area (Å²) in [6.07, 6.45) is 9.39. The number of carbonyl (C=O) groups excluding carboxylic acids is 1. The highest BCUT2D eigenvalue weighted by Crippen LogP contribution is 2.33.